The van der Waals surface area contributed by atoms with Crippen molar-refractivity contribution in [3.05, 3.63) is 63.5 Å². The summed E-state index contributed by atoms with van der Waals surface area (Å²) in [7, 11) is 1.73. The molecule has 3 aromatic rings. The Morgan fingerprint density at radius 1 is 1.13 bits per heavy atom. The lowest BCUT2D eigenvalue weighted by atomic mass is 9.96. The molecule has 0 fully saturated rings. The minimum absolute atomic E-state index is 0. The zero-order chi connectivity index (χ0) is 15.9. The predicted molar refractivity (Wildman–Crippen MR) is 99.2 cm³/mol. The molecule has 0 aliphatic carbocycles. The summed E-state index contributed by atoms with van der Waals surface area (Å²) in [6, 6.07) is 12.8. The molecule has 2 aromatic carbocycles. The fraction of sp³-hybridized carbons (Fsp3) is 0.118. The van der Waals surface area contributed by atoms with Crippen molar-refractivity contribution in [3.63, 3.8) is 0 Å². The minimum atomic E-state index is -0.0835. The topological polar surface area (TPSA) is 74.0 Å². The molecule has 0 bridgehead atoms. The van der Waals surface area contributed by atoms with E-state index < -0.39 is 0 Å². The van der Waals surface area contributed by atoms with E-state index in [1.165, 1.54) is 0 Å². The summed E-state index contributed by atoms with van der Waals surface area (Å²) in [5.74, 6) is 0. The van der Waals surface area contributed by atoms with Gasteiger partial charge in [0.1, 0.15) is 0 Å². The van der Waals surface area contributed by atoms with Gasteiger partial charge >= 0.3 is 0 Å². The number of rotatable bonds is 2. The summed E-state index contributed by atoms with van der Waals surface area (Å²) in [5, 5.41) is 1.98. The Kier molecular flexibility index (Phi) is 5.00. The molecule has 4 nitrogen and oxygen atoms in total. The maximum atomic E-state index is 12.5. The van der Waals surface area contributed by atoms with Crippen LogP contribution in [0.5, 0.6) is 0 Å². The smallest absolute Gasteiger partial charge is 0.258 e. The summed E-state index contributed by atoms with van der Waals surface area (Å²) in [5.41, 5.74) is 15.0. The average Bonchev–Trinajstić information content (AvgIpc) is 2.50. The number of anilines is 1. The molecule has 0 amide bonds. The second-order valence-electron chi connectivity index (χ2n) is 5.21. The van der Waals surface area contributed by atoms with Gasteiger partial charge in [-0.25, -0.2) is 0 Å². The van der Waals surface area contributed by atoms with Gasteiger partial charge < -0.3 is 16.0 Å². The Morgan fingerprint density at radius 2 is 1.87 bits per heavy atom. The van der Waals surface area contributed by atoms with Gasteiger partial charge in [0.25, 0.3) is 5.56 Å². The largest absolute Gasteiger partial charge is 0.399 e. The number of pyridine rings is 1. The normalized spacial score (nSPS) is 10.6. The van der Waals surface area contributed by atoms with Gasteiger partial charge in [0.15, 0.2) is 0 Å². The van der Waals surface area contributed by atoms with Crippen LogP contribution in [0.15, 0.2) is 47.3 Å². The molecule has 0 saturated carbocycles. The van der Waals surface area contributed by atoms with E-state index in [1.807, 2.05) is 24.3 Å². The fourth-order valence-electron chi connectivity index (χ4n) is 2.79. The molecule has 1 heterocycles. The Balaban J connectivity index is 0.00000192. The lowest BCUT2D eigenvalue weighted by molar-refractivity contribution is 0.785. The molecular weight excluding hydrogens is 333 g/mol. The van der Waals surface area contributed by atoms with E-state index in [2.05, 4.69) is 0 Å². The molecule has 0 atom stereocenters. The third kappa shape index (κ3) is 2.93. The van der Waals surface area contributed by atoms with Crippen molar-refractivity contribution in [1.82, 2.24) is 4.57 Å². The highest BCUT2D eigenvalue weighted by atomic mass is 35.5. The zero-order valence-electron chi connectivity index (χ0n) is 12.5. The number of benzene rings is 2. The highest BCUT2D eigenvalue weighted by molar-refractivity contribution is 6.31. The SMILES string of the molecule is Cl.Cn1c(CN)c(-c2cccc(N)c2)c2cc(Cl)ccc2c1=O. The number of hydrogen-bond donors (Lipinski definition) is 2. The number of fused-ring (bicyclic) bond motifs is 1. The van der Waals surface area contributed by atoms with Gasteiger partial charge in [-0.3, -0.25) is 4.79 Å². The van der Waals surface area contributed by atoms with E-state index in [4.69, 9.17) is 23.1 Å². The summed E-state index contributed by atoms with van der Waals surface area (Å²) in [6.07, 6.45) is 0. The molecule has 6 heteroatoms. The lowest BCUT2D eigenvalue weighted by Crippen LogP contribution is -2.23. The van der Waals surface area contributed by atoms with Crippen LogP contribution in [0.4, 0.5) is 5.69 Å². The first-order chi connectivity index (χ1) is 10.5. The van der Waals surface area contributed by atoms with Crippen molar-refractivity contribution >= 4 is 40.5 Å². The summed E-state index contributed by atoms with van der Waals surface area (Å²) in [4.78, 5) is 12.5. The van der Waals surface area contributed by atoms with Crippen LogP contribution in [0.2, 0.25) is 5.02 Å². The second-order valence-corrected chi connectivity index (χ2v) is 5.64. The Morgan fingerprint density at radius 3 is 2.52 bits per heavy atom. The quantitative estimate of drug-likeness (QED) is 0.697. The molecule has 0 aliphatic rings. The maximum absolute atomic E-state index is 12.5. The summed E-state index contributed by atoms with van der Waals surface area (Å²) < 4.78 is 1.59. The molecular formula is C17H17Cl2N3O. The zero-order valence-corrected chi connectivity index (χ0v) is 14.1. The van der Waals surface area contributed by atoms with Crippen LogP contribution in [0.25, 0.3) is 21.9 Å². The molecule has 1 aromatic heterocycles. The number of nitrogens with two attached hydrogens (primary N) is 2. The van der Waals surface area contributed by atoms with Crippen LogP contribution < -0.4 is 17.0 Å². The van der Waals surface area contributed by atoms with Gasteiger partial charge in [0.2, 0.25) is 0 Å². The average molecular weight is 350 g/mol. The summed E-state index contributed by atoms with van der Waals surface area (Å²) >= 11 is 6.13. The van der Waals surface area contributed by atoms with Crippen molar-refractivity contribution in [1.29, 1.82) is 0 Å². The standard InChI is InChI=1S/C17H16ClN3O.ClH/c1-21-15(9-19)16(10-3-2-4-12(20)7-10)14-8-11(18)5-6-13(14)17(21)22;/h2-8H,9,19-20H2,1H3;1H. The van der Waals surface area contributed by atoms with Crippen molar-refractivity contribution in [2.75, 3.05) is 5.73 Å². The first-order valence-corrected chi connectivity index (χ1v) is 7.28. The second kappa shape index (κ2) is 6.62. The van der Waals surface area contributed by atoms with Gasteiger partial charge in [-0.15, -0.1) is 12.4 Å². The molecule has 0 saturated heterocycles. The predicted octanol–water partition coefficient (Wildman–Crippen LogP) is 3.32. The third-order valence-electron chi connectivity index (χ3n) is 3.85. The number of aromatic nitrogens is 1. The van der Waals surface area contributed by atoms with Gasteiger partial charge in [-0.05, 0) is 41.3 Å². The van der Waals surface area contributed by atoms with Crippen LogP contribution >= 0.6 is 24.0 Å². The molecule has 4 N–H and O–H groups in total. The molecule has 23 heavy (non-hydrogen) atoms. The van der Waals surface area contributed by atoms with Crippen molar-refractivity contribution in [2.24, 2.45) is 12.8 Å². The van der Waals surface area contributed by atoms with E-state index in [0.29, 0.717) is 16.1 Å². The summed E-state index contributed by atoms with van der Waals surface area (Å²) in [6.45, 7) is 0.248. The number of nitrogen functional groups attached to an aromatic ring is 1. The molecule has 0 aliphatic heterocycles. The van der Waals surface area contributed by atoms with Gasteiger partial charge in [-0.2, -0.15) is 0 Å². The van der Waals surface area contributed by atoms with Crippen LogP contribution in [-0.2, 0) is 13.6 Å². The van der Waals surface area contributed by atoms with Crippen molar-refractivity contribution in [3.8, 4) is 11.1 Å². The highest BCUT2D eigenvalue weighted by Crippen LogP contribution is 2.32. The van der Waals surface area contributed by atoms with Crippen LogP contribution in [0.1, 0.15) is 5.69 Å². The maximum Gasteiger partial charge on any atom is 0.258 e. The highest BCUT2D eigenvalue weighted by Gasteiger charge is 2.15. The number of hydrogen-bond acceptors (Lipinski definition) is 3. The van der Waals surface area contributed by atoms with E-state index in [1.54, 1.807) is 29.8 Å². The van der Waals surface area contributed by atoms with Crippen molar-refractivity contribution in [2.45, 2.75) is 6.54 Å². The molecule has 120 valence electrons. The van der Waals surface area contributed by atoms with Crippen LogP contribution in [-0.4, -0.2) is 4.57 Å². The van der Waals surface area contributed by atoms with Crippen LogP contribution in [0.3, 0.4) is 0 Å². The van der Waals surface area contributed by atoms with E-state index in [9.17, 15) is 4.79 Å². The van der Waals surface area contributed by atoms with Crippen molar-refractivity contribution < 1.29 is 0 Å². The van der Waals surface area contributed by atoms with Gasteiger partial charge in [-0.1, -0.05) is 23.7 Å². The first kappa shape index (κ1) is 17.3. The van der Waals surface area contributed by atoms with Gasteiger partial charge in [0.05, 0.1) is 0 Å². The number of halogens is 2. The van der Waals surface area contributed by atoms with Gasteiger partial charge in [0, 0.05) is 40.9 Å². The van der Waals surface area contributed by atoms with Crippen LogP contribution in [0, 0.1) is 0 Å². The van der Waals surface area contributed by atoms with E-state index in [-0.39, 0.29) is 24.5 Å². The third-order valence-corrected chi connectivity index (χ3v) is 4.08. The molecule has 3 rings (SSSR count). The number of nitrogens with zero attached hydrogens (tertiary/aromatic N) is 1. The lowest BCUT2D eigenvalue weighted by Gasteiger charge is -2.17. The van der Waals surface area contributed by atoms with E-state index in [0.717, 1.165) is 22.2 Å². The Bertz CT molecular complexity index is 935. The monoisotopic (exact) mass is 349 g/mol. The molecule has 0 radical (unpaired) electrons. The van der Waals surface area contributed by atoms with E-state index >= 15 is 0 Å². The molecule has 0 spiro atoms. The first-order valence-electron chi connectivity index (χ1n) is 6.90. The Hall–Kier alpha value is -2.01. The Labute approximate surface area is 145 Å². The minimum Gasteiger partial charge on any atom is -0.399 e. The molecule has 0 unspecified atom stereocenters. The fourth-order valence-corrected chi connectivity index (χ4v) is 2.96.